The summed E-state index contributed by atoms with van der Waals surface area (Å²) in [5.41, 5.74) is 3.55. The third-order valence-electron chi connectivity index (χ3n) is 4.39. The molecule has 0 aromatic heterocycles. The first-order valence-corrected chi connectivity index (χ1v) is 10.9. The van der Waals surface area contributed by atoms with Crippen LogP contribution in [-0.2, 0) is 20.4 Å². The van der Waals surface area contributed by atoms with E-state index in [9.17, 15) is 0 Å². The van der Waals surface area contributed by atoms with Crippen molar-refractivity contribution in [2.45, 2.75) is 57.8 Å². The molecule has 2 aliphatic rings. The molecule has 0 amide bonds. The summed E-state index contributed by atoms with van der Waals surface area (Å²) >= 11 is 2.36. The molecule has 0 aliphatic heterocycles. The molecule has 0 spiro atoms. The van der Waals surface area contributed by atoms with Gasteiger partial charge in [0.1, 0.15) is 0 Å². The van der Waals surface area contributed by atoms with Crippen molar-refractivity contribution in [2.24, 2.45) is 5.92 Å². The Labute approximate surface area is 113 Å². The molecule has 0 fully saturated rings. The van der Waals surface area contributed by atoms with Gasteiger partial charge < -0.3 is 0 Å². The zero-order valence-electron chi connectivity index (χ0n) is 10.9. The molecule has 0 saturated carbocycles. The molecule has 0 nitrogen and oxygen atoms in total. The molecule has 1 unspecified atom stereocenters. The van der Waals surface area contributed by atoms with E-state index in [-0.39, 0.29) is 0 Å². The van der Waals surface area contributed by atoms with Gasteiger partial charge in [0.15, 0.2) is 0 Å². The van der Waals surface area contributed by atoms with E-state index in [4.69, 9.17) is 0 Å². The van der Waals surface area contributed by atoms with Crippen molar-refractivity contribution in [3.8, 4) is 0 Å². The molecule has 0 bridgehead atoms. The first kappa shape index (κ1) is 12.9. The summed E-state index contributed by atoms with van der Waals surface area (Å²) in [5, 5.41) is 0. The Bertz CT molecular complexity index is 339. The molecule has 0 heterocycles. The van der Waals surface area contributed by atoms with Crippen LogP contribution < -0.4 is 0 Å². The van der Waals surface area contributed by atoms with Gasteiger partial charge >= 0.3 is 113 Å². The maximum absolute atomic E-state index is 2.56. The zero-order valence-corrected chi connectivity index (χ0v) is 13.5. The number of hydrogen-bond acceptors (Lipinski definition) is 0. The summed E-state index contributed by atoms with van der Waals surface area (Å²) in [6, 6.07) is 2.92. The molecule has 0 saturated heterocycles. The van der Waals surface area contributed by atoms with Crippen molar-refractivity contribution in [3.05, 3.63) is 21.1 Å². The molecule has 16 heavy (non-hydrogen) atoms. The molecule has 0 aromatic rings. The van der Waals surface area contributed by atoms with Crippen molar-refractivity contribution in [1.29, 1.82) is 0 Å². The van der Waals surface area contributed by atoms with Crippen LogP contribution in [-0.4, -0.2) is 8.07 Å². The molecule has 0 radical (unpaired) electrons. The van der Waals surface area contributed by atoms with Gasteiger partial charge in [0.2, 0.25) is 0 Å². The summed E-state index contributed by atoms with van der Waals surface area (Å²) < 4.78 is 1.67. The molecule has 0 aromatic carbocycles. The second kappa shape index (κ2) is 4.96. The van der Waals surface area contributed by atoms with Gasteiger partial charge in [-0.2, -0.15) is 0 Å². The van der Waals surface area contributed by atoms with Gasteiger partial charge in [-0.25, -0.2) is 0 Å². The van der Waals surface area contributed by atoms with Gasteiger partial charge in [-0.15, -0.1) is 0 Å². The summed E-state index contributed by atoms with van der Waals surface area (Å²) in [4.78, 5) is 0. The number of rotatable bonds is 3. The van der Waals surface area contributed by atoms with Crippen LogP contribution in [0.2, 0.25) is 25.2 Å². The topological polar surface area (TPSA) is 0 Å². The minimum absolute atomic E-state index is 0.844. The first-order valence-electron chi connectivity index (χ1n) is 6.68. The van der Waals surface area contributed by atoms with Gasteiger partial charge in [-0.05, 0) is 0 Å². The van der Waals surface area contributed by atoms with Crippen molar-refractivity contribution in [1.82, 2.24) is 0 Å². The summed E-state index contributed by atoms with van der Waals surface area (Å²) in [5.74, 6) is 0.844. The predicted octanol–water partition coefficient (Wildman–Crippen LogP) is 4.65. The van der Waals surface area contributed by atoms with Crippen LogP contribution >= 0.6 is 0 Å². The summed E-state index contributed by atoms with van der Waals surface area (Å²) in [6.45, 7) is 7.50. The van der Waals surface area contributed by atoms with E-state index in [1.807, 2.05) is 5.57 Å². The van der Waals surface area contributed by atoms with E-state index >= 15 is 0 Å². The second-order valence-electron chi connectivity index (χ2n) is 6.13. The molecule has 1 atom stereocenters. The SMILES string of the molecule is CC[Si](C)(C)CC1[C]([Ti])=CC2=C1CCCC2. The van der Waals surface area contributed by atoms with Crippen LogP contribution in [0.1, 0.15) is 32.6 Å². The van der Waals surface area contributed by atoms with Crippen LogP contribution in [0.15, 0.2) is 21.1 Å². The molecule has 2 rings (SSSR count). The Morgan fingerprint density at radius 2 is 2.00 bits per heavy atom. The Balaban J connectivity index is 2.15. The fourth-order valence-corrected chi connectivity index (χ4v) is 5.80. The Morgan fingerprint density at radius 1 is 1.31 bits per heavy atom. The average Bonchev–Trinajstić information content (AvgIpc) is 2.56. The normalized spacial score (nSPS) is 25.6. The monoisotopic (exact) mass is 267 g/mol. The van der Waals surface area contributed by atoms with E-state index in [0.29, 0.717) is 0 Å². The Kier molecular flexibility index (Phi) is 3.98. The molecule has 2 aliphatic carbocycles. The molecule has 0 N–H and O–H groups in total. The van der Waals surface area contributed by atoms with Crippen LogP contribution in [0, 0.1) is 5.92 Å². The molecule has 2 heteroatoms. The van der Waals surface area contributed by atoms with Gasteiger partial charge in [0.25, 0.3) is 0 Å². The van der Waals surface area contributed by atoms with Crippen LogP contribution in [0.4, 0.5) is 0 Å². The van der Waals surface area contributed by atoms with Crippen molar-refractivity contribution in [2.75, 3.05) is 0 Å². The van der Waals surface area contributed by atoms with Gasteiger partial charge in [-0.1, -0.05) is 0 Å². The quantitative estimate of drug-likeness (QED) is 0.653. The number of allylic oxidation sites excluding steroid dienone is 4. The van der Waals surface area contributed by atoms with Crippen LogP contribution in [0.5, 0.6) is 0 Å². The predicted molar refractivity (Wildman–Crippen MR) is 69.8 cm³/mol. The van der Waals surface area contributed by atoms with Gasteiger partial charge in [0.05, 0.1) is 0 Å². The maximum atomic E-state index is 2.56. The van der Waals surface area contributed by atoms with E-state index in [1.165, 1.54) is 37.8 Å². The first-order chi connectivity index (χ1) is 7.53. The van der Waals surface area contributed by atoms with E-state index in [2.05, 4.69) is 46.5 Å². The van der Waals surface area contributed by atoms with E-state index in [0.717, 1.165) is 5.92 Å². The summed E-state index contributed by atoms with van der Waals surface area (Å²) in [7, 11) is -0.935. The van der Waals surface area contributed by atoms with Gasteiger partial charge in [0, 0.05) is 0 Å². The Hall–Kier alpha value is 0.411. The standard InChI is InChI=1S/C14H23Si.Ti/c1-4-15(2,3)11-13-10-9-12-7-5-6-8-14(12)13;/h9,13H,4-8,11H2,1-3H3;. The van der Waals surface area contributed by atoms with Crippen molar-refractivity contribution >= 4 is 8.07 Å². The molecular formula is C14H23SiTi. The number of hydrogen-bond donors (Lipinski definition) is 0. The van der Waals surface area contributed by atoms with Crippen molar-refractivity contribution in [3.63, 3.8) is 0 Å². The third-order valence-corrected chi connectivity index (χ3v) is 8.59. The van der Waals surface area contributed by atoms with Crippen LogP contribution in [0.3, 0.4) is 0 Å². The average molecular weight is 267 g/mol. The summed E-state index contributed by atoms with van der Waals surface area (Å²) in [6.07, 6.45) is 8.12. The molecular weight excluding hydrogens is 244 g/mol. The van der Waals surface area contributed by atoms with E-state index < -0.39 is 8.07 Å². The second-order valence-corrected chi connectivity index (χ2v) is 12.5. The third kappa shape index (κ3) is 2.63. The van der Waals surface area contributed by atoms with Crippen LogP contribution in [0.25, 0.3) is 0 Å². The fraction of sp³-hybridized carbons (Fsp3) is 0.714. The molecule has 87 valence electrons. The fourth-order valence-electron chi connectivity index (χ4n) is 2.92. The van der Waals surface area contributed by atoms with Crippen molar-refractivity contribution < 1.29 is 20.4 Å². The minimum atomic E-state index is -0.935. The van der Waals surface area contributed by atoms with Gasteiger partial charge in [-0.3, -0.25) is 0 Å². The Morgan fingerprint density at radius 3 is 2.69 bits per heavy atom. The van der Waals surface area contributed by atoms with E-state index in [1.54, 1.807) is 9.45 Å². The zero-order chi connectivity index (χ0) is 11.8.